The lowest BCUT2D eigenvalue weighted by Gasteiger charge is -2.01. The Balaban J connectivity index is 1.92. The van der Waals surface area contributed by atoms with Crippen LogP contribution in [0.15, 0.2) is 30.3 Å². The molecule has 4 nitrogen and oxygen atoms in total. The first-order chi connectivity index (χ1) is 8.29. The predicted molar refractivity (Wildman–Crippen MR) is 66.7 cm³/mol. The molecule has 2 rings (SSSR count). The van der Waals surface area contributed by atoms with E-state index in [1.165, 1.54) is 5.39 Å². The average Bonchev–Trinajstić information content (AvgIpc) is 2.76. The van der Waals surface area contributed by atoms with Crippen molar-refractivity contribution in [3.63, 3.8) is 0 Å². The Labute approximate surface area is 99.7 Å². The number of amides is 1. The van der Waals surface area contributed by atoms with E-state index in [1.807, 2.05) is 24.3 Å². The minimum atomic E-state index is -0.0299. The molecule has 0 aliphatic heterocycles. The van der Waals surface area contributed by atoms with Gasteiger partial charge in [0.2, 0.25) is 5.91 Å². The van der Waals surface area contributed by atoms with E-state index in [0.717, 1.165) is 11.2 Å². The van der Waals surface area contributed by atoms with E-state index in [-0.39, 0.29) is 12.5 Å². The summed E-state index contributed by atoms with van der Waals surface area (Å²) in [5.74, 6) is -0.0299. The number of fused-ring (bicyclic) bond motifs is 1. The van der Waals surface area contributed by atoms with Gasteiger partial charge in [-0.3, -0.25) is 4.79 Å². The summed E-state index contributed by atoms with van der Waals surface area (Å²) in [5, 5.41) is 12.4. The SMILES string of the molecule is O=C(CCc1cc2ccccc2[nH]1)NCCO. The number of carbonyl (C=O) groups is 1. The van der Waals surface area contributed by atoms with E-state index in [2.05, 4.69) is 16.4 Å². The smallest absolute Gasteiger partial charge is 0.220 e. The van der Waals surface area contributed by atoms with Crippen molar-refractivity contribution in [3.8, 4) is 0 Å². The zero-order valence-electron chi connectivity index (χ0n) is 9.57. The summed E-state index contributed by atoms with van der Waals surface area (Å²) in [7, 11) is 0. The number of hydrogen-bond donors (Lipinski definition) is 3. The van der Waals surface area contributed by atoms with Crippen LogP contribution in [0, 0.1) is 0 Å². The molecule has 0 fully saturated rings. The van der Waals surface area contributed by atoms with E-state index in [1.54, 1.807) is 0 Å². The van der Waals surface area contributed by atoms with Gasteiger partial charge in [0.15, 0.2) is 0 Å². The van der Waals surface area contributed by atoms with Crippen molar-refractivity contribution in [1.82, 2.24) is 10.3 Å². The van der Waals surface area contributed by atoms with Gasteiger partial charge in [-0.15, -0.1) is 0 Å². The minimum absolute atomic E-state index is 0.0157. The van der Waals surface area contributed by atoms with Gasteiger partial charge in [-0.25, -0.2) is 0 Å². The highest BCUT2D eigenvalue weighted by atomic mass is 16.3. The average molecular weight is 232 g/mol. The molecule has 17 heavy (non-hydrogen) atoms. The van der Waals surface area contributed by atoms with Gasteiger partial charge >= 0.3 is 0 Å². The van der Waals surface area contributed by atoms with Crippen LogP contribution in [0.3, 0.4) is 0 Å². The maximum Gasteiger partial charge on any atom is 0.220 e. The quantitative estimate of drug-likeness (QED) is 0.725. The summed E-state index contributed by atoms with van der Waals surface area (Å²) >= 11 is 0. The van der Waals surface area contributed by atoms with Crippen LogP contribution in [0.1, 0.15) is 12.1 Å². The second kappa shape index (κ2) is 5.50. The van der Waals surface area contributed by atoms with Crippen LogP contribution in [0.4, 0.5) is 0 Å². The number of aromatic amines is 1. The first-order valence-corrected chi connectivity index (χ1v) is 5.74. The van der Waals surface area contributed by atoms with Gasteiger partial charge in [0.05, 0.1) is 6.61 Å². The second-order valence-corrected chi connectivity index (χ2v) is 3.96. The van der Waals surface area contributed by atoms with Gasteiger partial charge in [0.25, 0.3) is 0 Å². The summed E-state index contributed by atoms with van der Waals surface area (Å²) in [4.78, 5) is 14.6. The molecule has 90 valence electrons. The molecule has 2 aromatic rings. The number of hydrogen-bond acceptors (Lipinski definition) is 2. The number of aliphatic hydroxyl groups is 1. The molecule has 0 bridgehead atoms. The third kappa shape index (κ3) is 3.07. The molecule has 0 saturated carbocycles. The molecule has 1 aromatic carbocycles. The minimum Gasteiger partial charge on any atom is -0.395 e. The summed E-state index contributed by atoms with van der Waals surface area (Å²) in [5.41, 5.74) is 2.16. The molecule has 0 radical (unpaired) electrons. The molecule has 0 unspecified atom stereocenters. The summed E-state index contributed by atoms with van der Waals surface area (Å²) < 4.78 is 0. The lowest BCUT2D eigenvalue weighted by molar-refractivity contribution is -0.121. The third-order valence-electron chi connectivity index (χ3n) is 2.64. The Hall–Kier alpha value is -1.81. The van der Waals surface area contributed by atoms with Crippen LogP contribution < -0.4 is 5.32 Å². The molecular formula is C13H16N2O2. The van der Waals surface area contributed by atoms with Crippen molar-refractivity contribution in [2.45, 2.75) is 12.8 Å². The zero-order chi connectivity index (χ0) is 12.1. The number of H-pyrrole nitrogens is 1. The molecular weight excluding hydrogens is 216 g/mol. The second-order valence-electron chi connectivity index (χ2n) is 3.96. The number of aromatic nitrogens is 1. The van der Waals surface area contributed by atoms with E-state index < -0.39 is 0 Å². The van der Waals surface area contributed by atoms with Crippen LogP contribution >= 0.6 is 0 Å². The van der Waals surface area contributed by atoms with Crippen molar-refractivity contribution in [1.29, 1.82) is 0 Å². The first-order valence-electron chi connectivity index (χ1n) is 5.74. The van der Waals surface area contributed by atoms with Gasteiger partial charge < -0.3 is 15.4 Å². The fourth-order valence-electron chi connectivity index (χ4n) is 1.80. The molecule has 1 aromatic heterocycles. The lowest BCUT2D eigenvalue weighted by atomic mass is 10.2. The van der Waals surface area contributed by atoms with E-state index >= 15 is 0 Å². The van der Waals surface area contributed by atoms with Gasteiger partial charge in [-0.2, -0.15) is 0 Å². The standard InChI is InChI=1S/C13H16N2O2/c16-8-7-14-13(17)6-5-11-9-10-3-1-2-4-12(10)15-11/h1-4,9,15-16H,5-8H2,(H,14,17). The molecule has 0 aliphatic rings. The van der Waals surface area contributed by atoms with Crippen molar-refractivity contribution in [2.75, 3.05) is 13.2 Å². The predicted octanol–water partition coefficient (Wildman–Crippen LogP) is 1.21. The zero-order valence-corrected chi connectivity index (χ0v) is 9.57. The first kappa shape index (κ1) is 11.7. The van der Waals surface area contributed by atoms with Crippen molar-refractivity contribution in [2.24, 2.45) is 0 Å². The van der Waals surface area contributed by atoms with E-state index in [9.17, 15) is 4.79 Å². The molecule has 0 saturated heterocycles. The van der Waals surface area contributed by atoms with Crippen molar-refractivity contribution < 1.29 is 9.90 Å². The van der Waals surface area contributed by atoms with Gasteiger partial charge in [-0.05, 0) is 23.9 Å². The van der Waals surface area contributed by atoms with Crippen molar-refractivity contribution in [3.05, 3.63) is 36.0 Å². The fourth-order valence-corrected chi connectivity index (χ4v) is 1.80. The Morgan fingerprint density at radius 3 is 2.94 bits per heavy atom. The lowest BCUT2D eigenvalue weighted by Crippen LogP contribution is -2.26. The Bertz CT molecular complexity index is 472. The van der Waals surface area contributed by atoms with Gasteiger partial charge in [0.1, 0.15) is 0 Å². The number of benzene rings is 1. The van der Waals surface area contributed by atoms with Crippen molar-refractivity contribution >= 4 is 16.8 Å². The highest BCUT2D eigenvalue weighted by Crippen LogP contribution is 2.15. The molecule has 0 spiro atoms. The van der Waals surface area contributed by atoms with E-state index in [0.29, 0.717) is 19.4 Å². The Morgan fingerprint density at radius 1 is 1.35 bits per heavy atom. The number of aliphatic hydroxyl groups excluding tert-OH is 1. The number of rotatable bonds is 5. The number of para-hydroxylation sites is 1. The Morgan fingerprint density at radius 2 is 2.18 bits per heavy atom. The highest BCUT2D eigenvalue weighted by molar-refractivity contribution is 5.80. The maximum atomic E-state index is 11.4. The maximum absolute atomic E-state index is 11.4. The van der Waals surface area contributed by atoms with Gasteiger partial charge in [0, 0.05) is 24.2 Å². The van der Waals surface area contributed by atoms with Crippen LogP contribution in [0.5, 0.6) is 0 Å². The third-order valence-corrected chi connectivity index (χ3v) is 2.64. The van der Waals surface area contributed by atoms with Gasteiger partial charge in [-0.1, -0.05) is 18.2 Å². The largest absolute Gasteiger partial charge is 0.395 e. The number of aryl methyl sites for hydroxylation is 1. The van der Waals surface area contributed by atoms with Crippen LogP contribution in [-0.2, 0) is 11.2 Å². The molecule has 1 amide bonds. The van der Waals surface area contributed by atoms with Crippen LogP contribution in [0.2, 0.25) is 0 Å². The molecule has 4 heteroatoms. The number of carbonyl (C=O) groups excluding carboxylic acids is 1. The summed E-state index contributed by atoms with van der Waals surface area (Å²) in [6.45, 7) is 0.309. The molecule has 0 atom stereocenters. The molecule has 3 N–H and O–H groups in total. The normalized spacial score (nSPS) is 10.6. The van der Waals surface area contributed by atoms with Crippen LogP contribution in [0.25, 0.3) is 10.9 Å². The van der Waals surface area contributed by atoms with Crippen LogP contribution in [-0.4, -0.2) is 29.1 Å². The van der Waals surface area contributed by atoms with E-state index in [4.69, 9.17) is 5.11 Å². The monoisotopic (exact) mass is 232 g/mol. The molecule has 1 heterocycles. The highest BCUT2D eigenvalue weighted by Gasteiger charge is 2.04. The molecule has 0 aliphatic carbocycles. The number of nitrogens with one attached hydrogen (secondary N) is 2. The summed E-state index contributed by atoms with van der Waals surface area (Å²) in [6, 6.07) is 10.1. The summed E-state index contributed by atoms with van der Waals surface area (Å²) in [6.07, 6.45) is 1.12. The Kier molecular flexibility index (Phi) is 3.77. The topological polar surface area (TPSA) is 65.1 Å². The fraction of sp³-hybridized carbons (Fsp3) is 0.308.